The molecule has 1 N–H and O–H groups in total. The van der Waals surface area contributed by atoms with E-state index in [1.807, 2.05) is 18.2 Å². The molecule has 4 heteroatoms. The second-order valence-electron chi connectivity index (χ2n) is 5.47. The fourth-order valence-electron chi connectivity index (χ4n) is 1.94. The Kier molecular flexibility index (Phi) is 4.90. The van der Waals surface area contributed by atoms with E-state index >= 15 is 0 Å². The number of rotatable bonds is 6. The van der Waals surface area contributed by atoms with Crippen LogP contribution in [0.2, 0.25) is 0 Å². The lowest BCUT2D eigenvalue weighted by molar-refractivity contribution is 0.457. The zero-order chi connectivity index (χ0) is 14.5. The molecule has 0 radical (unpaired) electrons. The molecule has 1 unspecified atom stereocenters. The van der Waals surface area contributed by atoms with Crippen molar-refractivity contribution in [1.82, 2.24) is 20.3 Å². The highest BCUT2D eigenvalue weighted by atomic mass is 15.5. The molecule has 2 aromatic rings. The van der Waals surface area contributed by atoms with Crippen molar-refractivity contribution in [3.63, 3.8) is 0 Å². The van der Waals surface area contributed by atoms with Crippen molar-refractivity contribution >= 4 is 0 Å². The molecule has 0 saturated heterocycles. The summed E-state index contributed by atoms with van der Waals surface area (Å²) in [5.41, 5.74) is 3.13. The van der Waals surface area contributed by atoms with Gasteiger partial charge in [0.2, 0.25) is 0 Å². The van der Waals surface area contributed by atoms with Crippen molar-refractivity contribution in [3.05, 3.63) is 36.0 Å². The van der Waals surface area contributed by atoms with Crippen molar-refractivity contribution < 1.29 is 0 Å². The first-order valence-corrected chi connectivity index (χ1v) is 7.36. The predicted octanol–water partition coefficient (Wildman–Crippen LogP) is 3.41. The highest BCUT2D eigenvalue weighted by Gasteiger charge is 2.14. The lowest BCUT2D eigenvalue weighted by Crippen LogP contribution is -2.25. The van der Waals surface area contributed by atoms with Crippen molar-refractivity contribution in [2.75, 3.05) is 0 Å². The Morgan fingerprint density at radius 2 is 1.80 bits per heavy atom. The highest BCUT2D eigenvalue weighted by molar-refractivity contribution is 5.60. The fraction of sp³-hybridized carbons (Fsp3) is 0.500. The van der Waals surface area contributed by atoms with Gasteiger partial charge in [-0.25, -0.2) is 0 Å². The molecule has 2 rings (SSSR count). The third-order valence-electron chi connectivity index (χ3n) is 3.44. The van der Waals surface area contributed by atoms with Crippen LogP contribution in [-0.4, -0.2) is 21.0 Å². The van der Waals surface area contributed by atoms with E-state index in [1.165, 1.54) is 0 Å². The molecule has 1 aromatic carbocycles. The molecule has 0 saturated carbocycles. The topological polar surface area (TPSA) is 42.7 Å². The number of nitrogens with zero attached hydrogens (tertiary/aromatic N) is 3. The van der Waals surface area contributed by atoms with Gasteiger partial charge in [0.25, 0.3) is 0 Å². The summed E-state index contributed by atoms with van der Waals surface area (Å²) in [6.07, 6.45) is 1.11. The Bertz CT molecular complexity index is 531. The van der Waals surface area contributed by atoms with Crippen LogP contribution in [0.25, 0.3) is 11.3 Å². The molecule has 4 nitrogen and oxygen atoms in total. The number of nitrogens with one attached hydrogen (secondary N) is 1. The Morgan fingerprint density at radius 3 is 2.40 bits per heavy atom. The summed E-state index contributed by atoms with van der Waals surface area (Å²) in [5, 5.41) is 12.8. The summed E-state index contributed by atoms with van der Waals surface area (Å²) < 4.78 is 0. The first-order valence-electron chi connectivity index (χ1n) is 7.36. The summed E-state index contributed by atoms with van der Waals surface area (Å²) in [5.74, 6) is 0. The van der Waals surface area contributed by atoms with Gasteiger partial charge in [-0.15, -0.1) is 0 Å². The van der Waals surface area contributed by atoms with E-state index in [0.29, 0.717) is 6.04 Å². The minimum atomic E-state index is 0.273. The SMILES string of the molecule is CCC(C)NCc1nn(C(C)C)nc1-c1ccccc1. The molecule has 0 aliphatic rings. The zero-order valence-electron chi connectivity index (χ0n) is 12.8. The monoisotopic (exact) mass is 272 g/mol. The number of benzene rings is 1. The maximum absolute atomic E-state index is 4.65. The molecule has 0 aliphatic heterocycles. The van der Waals surface area contributed by atoms with E-state index in [-0.39, 0.29) is 6.04 Å². The molecule has 1 atom stereocenters. The molecule has 20 heavy (non-hydrogen) atoms. The first kappa shape index (κ1) is 14.7. The van der Waals surface area contributed by atoms with Crippen LogP contribution in [0, 0.1) is 0 Å². The molecular formula is C16H24N4. The maximum Gasteiger partial charge on any atom is 0.117 e. The van der Waals surface area contributed by atoms with Crippen molar-refractivity contribution in [2.24, 2.45) is 0 Å². The first-order chi connectivity index (χ1) is 9.61. The average Bonchev–Trinajstić information content (AvgIpc) is 2.90. The normalized spacial score (nSPS) is 12.8. The summed E-state index contributed by atoms with van der Waals surface area (Å²) >= 11 is 0. The summed E-state index contributed by atoms with van der Waals surface area (Å²) in [7, 11) is 0. The van der Waals surface area contributed by atoms with E-state index in [0.717, 1.165) is 29.9 Å². The molecule has 1 aromatic heterocycles. The van der Waals surface area contributed by atoms with Gasteiger partial charge in [0, 0.05) is 18.2 Å². The lowest BCUT2D eigenvalue weighted by atomic mass is 10.1. The summed E-state index contributed by atoms with van der Waals surface area (Å²) in [4.78, 5) is 1.80. The number of hydrogen-bond acceptors (Lipinski definition) is 3. The van der Waals surface area contributed by atoms with Crippen LogP contribution in [0.1, 0.15) is 45.9 Å². The quantitative estimate of drug-likeness (QED) is 0.876. The van der Waals surface area contributed by atoms with Crippen LogP contribution >= 0.6 is 0 Å². The molecule has 0 amide bonds. The second kappa shape index (κ2) is 6.66. The van der Waals surface area contributed by atoms with E-state index in [1.54, 1.807) is 4.80 Å². The van der Waals surface area contributed by atoms with Crippen molar-refractivity contribution in [2.45, 2.75) is 52.7 Å². The number of hydrogen-bond donors (Lipinski definition) is 1. The van der Waals surface area contributed by atoms with Gasteiger partial charge in [-0.2, -0.15) is 15.0 Å². The average molecular weight is 272 g/mol. The third-order valence-corrected chi connectivity index (χ3v) is 3.44. The standard InChI is InChI=1S/C16H24N4/c1-5-13(4)17-11-15-16(14-9-7-6-8-10-14)19-20(18-15)12(2)3/h6-10,12-13,17H,5,11H2,1-4H3. The van der Waals surface area contributed by atoms with Crippen molar-refractivity contribution in [3.8, 4) is 11.3 Å². The molecule has 0 fully saturated rings. The van der Waals surface area contributed by atoms with Crippen LogP contribution in [0.3, 0.4) is 0 Å². The molecule has 0 aliphatic carbocycles. The minimum Gasteiger partial charge on any atom is -0.309 e. The Labute approximate surface area is 121 Å². The van der Waals surface area contributed by atoms with Gasteiger partial charge in [0.15, 0.2) is 0 Å². The van der Waals surface area contributed by atoms with Gasteiger partial charge in [-0.05, 0) is 27.2 Å². The van der Waals surface area contributed by atoms with Crippen LogP contribution in [0.4, 0.5) is 0 Å². The van der Waals surface area contributed by atoms with Gasteiger partial charge in [-0.1, -0.05) is 37.3 Å². The zero-order valence-corrected chi connectivity index (χ0v) is 12.8. The molecular weight excluding hydrogens is 248 g/mol. The van der Waals surface area contributed by atoms with Crippen LogP contribution < -0.4 is 5.32 Å². The van der Waals surface area contributed by atoms with Crippen LogP contribution in [0.5, 0.6) is 0 Å². The largest absolute Gasteiger partial charge is 0.309 e. The van der Waals surface area contributed by atoms with Gasteiger partial charge in [0.05, 0.1) is 6.04 Å². The fourth-order valence-corrected chi connectivity index (χ4v) is 1.94. The molecule has 0 spiro atoms. The second-order valence-corrected chi connectivity index (χ2v) is 5.47. The predicted molar refractivity (Wildman–Crippen MR) is 82.4 cm³/mol. The van der Waals surface area contributed by atoms with Gasteiger partial charge >= 0.3 is 0 Å². The Hall–Kier alpha value is -1.68. The van der Waals surface area contributed by atoms with Crippen molar-refractivity contribution in [1.29, 1.82) is 0 Å². The van der Waals surface area contributed by atoms with E-state index < -0.39 is 0 Å². The maximum atomic E-state index is 4.65. The highest BCUT2D eigenvalue weighted by Crippen LogP contribution is 2.21. The van der Waals surface area contributed by atoms with Crippen LogP contribution in [0.15, 0.2) is 30.3 Å². The molecule has 1 heterocycles. The summed E-state index contributed by atoms with van der Waals surface area (Å²) in [6, 6.07) is 11.0. The van der Waals surface area contributed by atoms with Gasteiger partial charge in [0.1, 0.15) is 11.4 Å². The van der Waals surface area contributed by atoms with Crippen LogP contribution in [-0.2, 0) is 6.54 Å². The Morgan fingerprint density at radius 1 is 1.10 bits per heavy atom. The smallest absolute Gasteiger partial charge is 0.117 e. The Balaban J connectivity index is 2.29. The van der Waals surface area contributed by atoms with Gasteiger partial charge in [-0.3, -0.25) is 0 Å². The summed E-state index contributed by atoms with van der Waals surface area (Å²) in [6.45, 7) is 9.32. The number of aromatic nitrogens is 3. The van der Waals surface area contributed by atoms with Gasteiger partial charge < -0.3 is 5.32 Å². The van der Waals surface area contributed by atoms with E-state index in [2.05, 4.69) is 55.3 Å². The molecule has 108 valence electrons. The van der Waals surface area contributed by atoms with E-state index in [9.17, 15) is 0 Å². The lowest BCUT2D eigenvalue weighted by Gasteiger charge is -2.10. The third kappa shape index (κ3) is 3.45. The minimum absolute atomic E-state index is 0.273. The molecule has 0 bridgehead atoms. The van der Waals surface area contributed by atoms with E-state index in [4.69, 9.17) is 0 Å².